The minimum atomic E-state index is -0.466. The molecule has 1 amide bonds. The molecule has 0 aliphatic carbocycles. The van der Waals surface area contributed by atoms with Crippen LogP contribution in [0, 0.1) is 0 Å². The van der Waals surface area contributed by atoms with Crippen LogP contribution in [-0.2, 0) is 11.4 Å². The van der Waals surface area contributed by atoms with Crippen LogP contribution in [-0.4, -0.2) is 38.8 Å². The number of hydrogen-bond acceptors (Lipinski definition) is 7. The van der Waals surface area contributed by atoms with Crippen molar-refractivity contribution < 1.29 is 19.1 Å². The lowest BCUT2D eigenvalue weighted by atomic mass is 10.1. The number of Topliss-reactive ketones (excluding diaryl/α,β-unsaturated/α-hetero) is 1. The van der Waals surface area contributed by atoms with E-state index in [4.69, 9.17) is 9.47 Å². The molecule has 9 heteroatoms. The van der Waals surface area contributed by atoms with E-state index in [0.717, 1.165) is 5.69 Å². The smallest absolute Gasteiger partial charge is 0.237 e. The summed E-state index contributed by atoms with van der Waals surface area (Å²) < 4.78 is 13.2. The normalized spacial score (nSPS) is 11.5. The predicted octanol–water partition coefficient (Wildman–Crippen LogP) is 5.18. The molecule has 1 aromatic heterocycles. The number of aromatic nitrogens is 3. The van der Waals surface area contributed by atoms with Crippen molar-refractivity contribution in [2.24, 2.45) is 0 Å². The number of hydrogen-bond donors (Lipinski definition) is 1. The van der Waals surface area contributed by atoms with Gasteiger partial charge in [0.1, 0.15) is 6.61 Å². The van der Waals surface area contributed by atoms with Crippen LogP contribution in [0.2, 0.25) is 0 Å². The first-order valence-corrected chi connectivity index (χ1v) is 12.2. The summed E-state index contributed by atoms with van der Waals surface area (Å²) in [6.07, 6.45) is 0. The topological polar surface area (TPSA) is 95.3 Å². The second-order valence-corrected chi connectivity index (χ2v) is 9.20. The summed E-state index contributed by atoms with van der Waals surface area (Å²) in [6, 6.07) is 23.9. The Morgan fingerprint density at radius 2 is 1.61 bits per heavy atom. The van der Waals surface area contributed by atoms with Gasteiger partial charge in [0.05, 0.1) is 12.4 Å². The van der Waals surface area contributed by atoms with Gasteiger partial charge in [-0.1, -0.05) is 42.1 Å². The number of nitrogens with one attached hydrogen (secondary N) is 1. The molecule has 0 radical (unpaired) electrons. The monoisotopic (exact) mass is 502 g/mol. The Kier molecular flexibility index (Phi) is 8.02. The fourth-order valence-electron chi connectivity index (χ4n) is 3.43. The highest BCUT2D eigenvalue weighted by Gasteiger charge is 2.22. The van der Waals surface area contributed by atoms with Gasteiger partial charge in [0.25, 0.3) is 0 Å². The van der Waals surface area contributed by atoms with Gasteiger partial charge < -0.3 is 14.8 Å². The quantitative estimate of drug-likeness (QED) is 0.236. The molecule has 0 saturated heterocycles. The number of nitrogens with zero attached hydrogens (tertiary/aromatic N) is 3. The van der Waals surface area contributed by atoms with Crippen molar-refractivity contribution in [2.45, 2.75) is 30.9 Å². The van der Waals surface area contributed by atoms with Crippen molar-refractivity contribution >= 4 is 29.1 Å². The first kappa shape index (κ1) is 25.0. The van der Waals surface area contributed by atoms with Gasteiger partial charge in [-0.15, -0.1) is 10.2 Å². The number of thioether (sulfide) groups is 1. The first-order valence-electron chi connectivity index (χ1n) is 11.3. The third-order valence-corrected chi connectivity index (χ3v) is 6.39. The molecule has 0 bridgehead atoms. The molecule has 0 saturated carbocycles. The Morgan fingerprint density at radius 1 is 0.944 bits per heavy atom. The molecule has 36 heavy (non-hydrogen) atoms. The second kappa shape index (κ2) is 11.5. The molecule has 0 fully saturated rings. The number of rotatable bonds is 10. The summed E-state index contributed by atoms with van der Waals surface area (Å²) in [7, 11) is 1.59. The van der Waals surface area contributed by atoms with E-state index in [0.29, 0.717) is 33.7 Å². The van der Waals surface area contributed by atoms with Crippen LogP contribution in [0.15, 0.2) is 84.0 Å². The van der Waals surface area contributed by atoms with Gasteiger partial charge >= 0.3 is 0 Å². The molecule has 0 spiro atoms. The summed E-state index contributed by atoms with van der Waals surface area (Å²) in [5.41, 5.74) is 2.07. The molecule has 8 nitrogen and oxygen atoms in total. The highest BCUT2D eigenvalue weighted by atomic mass is 32.2. The molecular weight excluding hydrogens is 476 g/mol. The van der Waals surface area contributed by atoms with Crippen molar-refractivity contribution in [1.82, 2.24) is 14.8 Å². The lowest BCUT2D eigenvalue weighted by Gasteiger charge is -2.15. The number of carbonyl (C=O) groups excluding carboxylic acids is 2. The average molecular weight is 503 g/mol. The van der Waals surface area contributed by atoms with E-state index in [-0.39, 0.29) is 18.3 Å². The van der Waals surface area contributed by atoms with E-state index in [1.807, 2.05) is 59.2 Å². The largest absolute Gasteiger partial charge is 0.493 e. The third kappa shape index (κ3) is 5.92. The number of anilines is 1. The van der Waals surface area contributed by atoms with Gasteiger partial charge in [-0.2, -0.15) is 0 Å². The van der Waals surface area contributed by atoms with Crippen LogP contribution in [0.4, 0.5) is 5.69 Å². The zero-order chi connectivity index (χ0) is 25.5. The van der Waals surface area contributed by atoms with Crippen molar-refractivity contribution in [3.63, 3.8) is 0 Å². The van der Waals surface area contributed by atoms with E-state index in [9.17, 15) is 9.59 Å². The molecule has 1 atom stereocenters. The summed E-state index contributed by atoms with van der Waals surface area (Å²) in [5.74, 6) is 1.59. The lowest BCUT2D eigenvalue weighted by molar-refractivity contribution is -0.115. The average Bonchev–Trinajstić information content (AvgIpc) is 3.30. The zero-order valence-corrected chi connectivity index (χ0v) is 21.0. The third-order valence-electron chi connectivity index (χ3n) is 5.35. The number of ketones is 1. The molecule has 4 aromatic rings. The maximum atomic E-state index is 12.9. The first-order chi connectivity index (χ1) is 17.5. The van der Waals surface area contributed by atoms with Crippen LogP contribution < -0.4 is 14.8 Å². The summed E-state index contributed by atoms with van der Waals surface area (Å²) in [4.78, 5) is 24.4. The Morgan fingerprint density at radius 3 is 2.28 bits per heavy atom. The number of para-hydroxylation sites is 3. The molecule has 1 heterocycles. The van der Waals surface area contributed by atoms with Crippen LogP contribution >= 0.6 is 11.8 Å². The van der Waals surface area contributed by atoms with Gasteiger partial charge in [-0.3, -0.25) is 14.2 Å². The fourth-order valence-corrected chi connectivity index (χ4v) is 4.32. The maximum absolute atomic E-state index is 12.9. The number of ether oxygens (including phenoxy) is 2. The maximum Gasteiger partial charge on any atom is 0.237 e. The lowest BCUT2D eigenvalue weighted by Crippen LogP contribution is -2.23. The standard InChI is InChI=1S/C27H26N4O4S/c1-18(32)20-13-15-21(16-14-20)28-26(33)19(2)36-27-30-29-25(31(27)22-9-5-4-6-10-22)17-35-24-12-8-7-11-23(24)34-3/h4-16,19H,17H2,1-3H3,(H,28,33)/t19-/m0/s1. The Bertz CT molecular complexity index is 1340. The molecule has 0 aliphatic heterocycles. The number of carbonyl (C=O) groups is 2. The molecule has 1 N–H and O–H groups in total. The van der Waals surface area contributed by atoms with Gasteiger partial charge in [0, 0.05) is 16.9 Å². The van der Waals surface area contributed by atoms with Crippen LogP contribution in [0.5, 0.6) is 11.5 Å². The van der Waals surface area contributed by atoms with E-state index < -0.39 is 5.25 Å². The zero-order valence-electron chi connectivity index (χ0n) is 20.2. The van der Waals surface area contributed by atoms with Crippen LogP contribution in [0.1, 0.15) is 30.0 Å². The molecule has 184 valence electrons. The molecule has 4 rings (SSSR count). The van der Waals surface area contributed by atoms with E-state index in [1.54, 1.807) is 38.3 Å². The van der Waals surface area contributed by atoms with Gasteiger partial charge in [-0.05, 0) is 62.4 Å². The minimum absolute atomic E-state index is 0.0254. The Balaban J connectivity index is 1.52. The predicted molar refractivity (Wildman–Crippen MR) is 139 cm³/mol. The van der Waals surface area contributed by atoms with Gasteiger partial charge in [0.2, 0.25) is 5.91 Å². The summed E-state index contributed by atoms with van der Waals surface area (Å²) in [5, 5.41) is 11.7. The summed E-state index contributed by atoms with van der Waals surface area (Å²) >= 11 is 1.29. The Hall–Kier alpha value is -4.11. The van der Waals surface area contributed by atoms with Crippen LogP contribution in [0.3, 0.4) is 0 Å². The molecular formula is C27H26N4O4S. The van der Waals surface area contributed by atoms with E-state index >= 15 is 0 Å². The van der Waals surface area contributed by atoms with Crippen molar-refractivity contribution in [3.8, 4) is 17.2 Å². The highest BCUT2D eigenvalue weighted by molar-refractivity contribution is 8.00. The molecule has 0 unspecified atom stereocenters. The van der Waals surface area contributed by atoms with E-state index in [1.165, 1.54) is 18.7 Å². The molecule has 3 aromatic carbocycles. The Labute approximate surface area is 213 Å². The van der Waals surface area contributed by atoms with Crippen molar-refractivity contribution in [2.75, 3.05) is 12.4 Å². The van der Waals surface area contributed by atoms with E-state index in [2.05, 4.69) is 15.5 Å². The molecule has 0 aliphatic rings. The van der Waals surface area contributed by atoms with Crippen LogP contribution in [0.25, 0.3) is 5.69 Å². The highest BCUT2D eigenvalue weighted by Crippen LogP contribution is 2.29. The number of benzene rings is 3. The van der Waals surface area contributed by atoms with Crippen molar-refractivity contribution in [1.29, 1.82) is 0 Å². The SMILES string of the molecule is COc1ccccc1OCc1nnc(S[C@@H](C)C(=O)Nc2ccc(C(C)=O)cc2)n1-c1ccccc1. The fraction of sp³-hybridized carbons (Fsp3) is 0.185. The number of amides is 1. The van der Waals surface area contributed by atoms with Gasteiger partial charge in [0.15, 0.2) is 28.3 Å². The number of methoxy groups -OCH3 is 1. The van der Waals surface area contributed by atoms with Crippen molar-refractivity contribution in [3.05, 3.63) is 90.3 Å². The summed E-state index contributed by atoms with van der Waals surface area (Å²) in [6.45, 7) is 3.47. The van der Waals surface area contributed by atoms with Gasteiger partial charge in [-0.25, -0.2) is 0 Å². The second-order valence-electron chi connectivity index (χ2n) is 7.89. The minimum Gasteiger partial charge on any atom is -0.493 e.